The van der Waals surface area contributed by atoms with Crippen molar-refractivity contribution < 1.29 is 9.47 Å². The van der Waals surface area contributed by atoms with Crippen LogP contribution in [0.5, 0.6) is 11.5 Å². The lowest BCUT2D eigenvalue weighted by atomic mass is 10.00. The second-order valence-corrected chi connectivity index (χ2v) is 7.66. The summed E-state index contributed by atoms with van der Waals surface area (Å²) in [4.78, 5) is 0. The summed E-state index contributed by atoms with van der Waals surface area (Å²) in [7, 11) is 0. The maximum Gasteiger partial charge on any atom is 0.161 e. The van der Waals surface area contributed by atoms with Gasteiger partial charge in [0.1, 0.15) is 6.61 Å². The molecule has 0 aliphatic heterocycles. The van der Waals surface area contributed by atoms with E-state index in [1.54, 1.807) is 0 Å². The zero-order valence-corrected chi connectivity index (χ0v) is 18.5. The molecule has 0 unspecified atom stereocenters. The third-order valence-electron chi connectivity index (χ3n) is 5.10. The van der Waals surface area contributed by atoms with Crippen molar-refractivity contribution in [2.75, 3.05) is 6.61 Å². The molecule has 3 nitrogen and oxygen atoms in total. The van der Waals surface area contributed by atoms with Crippen molar-refractivity contribution in [3.8, 4) is 17.6 Å². The third-order valence-corrected chi connectivity index (χ3v) is 5.47. The van der Waals surface area contributed by atoms with Gasteiger partial charge in [-0.3, -0.25) is 0 Å². The number of nitrogens with zero attached hydrogens (tertiary/aromatic N) is 1. The summed E-state index contributed by atoms with van der Waals surface area (Å²) >= 11 is 6.23. The van der Waals surface area contributed by atoms with Crippen molar-refractivity contribution in [1.29, 1.82) is 5.26 Å². The van der Waals surface area contributed by atoms with Crippen LogP contribution in [0.25, 0.3) is 22.4 Å². The number of halogens is 1. The van der Waals surface area contributed by atoms with Crippen LogP contribution in [0.15, 0.2) is 84.9 Å². The van der Waals surface area contributed by atoms with Gasteiger partial charge in [0.05, 0.1) is 18.2 Å². The summed E-state index contributed by atoms with van der Waals surface area (Å²) in [5.74, 6) is 1.26. The molecule has 4 rings (SSSR count). The van der Waals surface area contributed by atoms with Gasteiger partial charge in [-0.15, -0.1) is 0 Å². The van der Waals surface area contributed by atoms with Gasteiger partial charge in [-0.2, -0.15) is 5.26 Å². The lowest BCUT2D eigenvalue weighted by Gasteiger charge is -2.13. The number of fused-ring (bicyclic) bond motifs is 1. The minimum Gasteiger partial charge on any atom is -0.490 e. The van der Waals surface area contributed by atoms with Gasteiger partial charge in [-0.05, 0) is 59.2 Å². The Hall–Kier alpha value is -3.74. The van der Waals surface area contributed by atoms with Crippen LogP contribution in [0.4, 0.5) is 0 Å². The molecule has 158 valence electrons. The first kappa shape index (κ1) is 21.5. The summed E-state index contributed by atoms with van der Waals surface area (Å²) < 4.78 is 11.8. The van der Waals surface area contributed by atoms with Gasteiger partial charge in [0.25, 0.3) is 0 Å². The molecule has 0 aliphatic rings. The second-order valence-electron chi connectivity index (χ2n) is 7.25. The standard InChI is InChI=1S/C28H22ClNO2/c1-2-31-28-16-20(11-14-27(28)32-19-24-9-5-6-10-26(24)29)15-25(18-30)23-13-12-21-7-3-4-8-22(21)17-23/h3-17H,2,19H2,1H3. The number of ether oxygens (including phenoxy) is 2. The molecule has 0 N–H and O–H groups in total. The van der Waals surface area contributed by atoms with Crippen LogP contribution in [-0.4, -0.2) is 6.61 Å². The van der Waals surface area contributed by atoms with Gasteiger partial charge in [-0.1, -0.05) is 72.3 Å². The molecule has 4 heteroatoms. The highest BCUT2D eigenvalue weighted by atomic mass is 35.5. The van der Waals surface area contributed by atoms with Crippen molar-refractivity contribution in [2.24, 2.45) is 0 Å². The van der Waals surface area contributed by atoms with Gasteiger partial charge in [0.2, 0.25) is 0 Å². The first-order chi connectivity index (χ1) is 15.7. The Kier molecular flexibility index (Phi) is 6.75. The molecule has 0 aromatic heterocycles. The number of rotatable bonds is 7. The molecule has 0 saturated carbocycles. The fourth-order valence-electron chi connectivity index (χ4n) is 3.48. The molecule has 0 heterocycles. The topological polar surface area (TPSA) is 42.2 Å². The van der Waals surface area contributed by atoms with E-state index in [1.807, 2.05) is 91.9 Å². The summed E-state index contributed by atoms with van der Waals surface area (Å²) in [5.41, 5.74) is 3.23. The van der Waals surface area contributed by atoms with Gasteiger partial charge in [0.15, 0.2) is 11.5 Å². The minimum atomic E-state index is 0.343. The predicted molar refractivity (Wildman–Crippen MR) is 131 cm³/mol. The highest BCUT2D eigenvalue weighted by Gasteiger charge is 2.09. The Morgan fingerprint density at radius 3 is 2.44 bits per heavy atom. The summed E-state index contributed by atoms with van der Waals surface area (Å²) in [6, 6.07) is 29.8. The largest absolute Gasteiger partial charge is 0.490 e. The Bertz CT molecular complexity index is 1320. The molecule has 0 spiro atoms. The summed E-state index contributed by atoms with van der Waals surface area (Å²) in [6.45, 7) is 2.77. The van der Waals surface area contributed by atoms with Crippen LogP contribution in [0, 0.1) is 11.3 Å². The Morgan fingerprint density at radius 1 is 0.875 bits per heavy atom. The molecule has 0 bridgehead atoms. The average molecular weight is 440 g/mol. The third kappa shape index (κ3) is 4.94. The average Bonchev–Trinajstić information content (AvgIpc) is 2.83. The van der Waals surface area contributed by atoms with Crippen molar-refractivity contribution in [1.82, 2.24) is 0 Å². The van der Waals surface area contributed by atoms with Crippen molar-refractivity contribution in [3.63, 3.8) is 0 Å². The van der Waals surface area contributed by atoms with Crippen LogP contribution in [0.1, 0.15) is 23.6 Å². The monoisotopic (exact) mass is 439 g/mol. The maximum atomic E-state index is 9.79. The number of hydrogen-bond acceptors (Lipinski definition) is 3. The Morgan fingerprint density at radius 2 is 1.66 bits per heavy atom. The highest BCUT2D eigenvalue weighted by Crippen LogP contribution is 2.32. The zero-order chi connectivity index (χ0) is 22.3. The normalized spacial score (nSPS) is 11.2. The van der Waals surface area contributed by atoms with Gasteiger partial charge >= 0.3 is 0 Å². The van der Waals surface area contributed by atoms with E-state index in [1.165, 1.54) is 0 Å². The summed E-state index contributed by atoms with van der Waals surface area (Å²) in [6.07, 6.45) is 1.87. The van der Waals surface area contributed by atoms with Crippen molar-refractivity contribution in [3.05, 3.63) is 107 Å². The first-order valence-corrected chi connectivity index (χ1v) is 10.8. The van der Waals surface area contributed by atoms with E-state index in [9.17, 15) is 5.26 Å². The van der Waals surface area contributed by atoms with E-state index < -0.39 is 0 Å². The molecular weight excluding hydrogens is 418 g/mol. The van der Waals surface area contributed by atoms with Crippen LogP contribution in [0.3, 0.4) is 0 Å². The second kappa shape index (κ2) is 10.0. The van der Waals surface area contributed by atoms with Crippen LogP contribution >= 0.6 is 11.6 Å². The SMILES string of the molecule is CCOc1cc(C=C(C#N)c2ccc3ccccc3c2)ccc1OCc1ccccc1Cl. The van der Waals surface area contributed by atoms with Crippen LogP contribution < -0.4 is 9.47 Å². The number of nitriles is 1. The first-order valence-electron chi connectivity index (χ1n) is 10.4. The van der Waals surface area contributed by atoms with E-state index in [4.69, 9.17) is 21.1 Å². The Labute approximate surface area is 193 Å². The molecule has 0 aliphatic carbocycles. The van der Waals surface area contributed by atoms with Gasteiger partial charge in [-0.25, -0.2) is 0 Å². The zero-order valence-electron chi connectivity index (χ0n) is 17.7. The molecule has 0 amide bonds. The lowest BCUT2D eigenvalue weighted by molar-refractivity contribution is 0.269. The maximum absolute atomic E-state index is 9.79. The fraction of sp³-hybridized carbons (Fsp3) is 0.107. The van der Waals surface area contributed by atoms with E-state index >= 15 is 0 Å². The van der Waals surface area contributed by atoms with Crippen LogP contribution in [-0.2, 0) is 6.61 Å². The molecule has 0 atom stereocenters. The molecule has 4 aromatic rings. The number of hydrogen-bond donors (Lipinski definition) is 0. The quantitative estimate of drug-likeness (QED) is 0.220. The van der Waals surface area contributed by atoms with Crippen molar-refractivity contribution in [2.45, 2.75) is 13.5 Å². The van der Waals surface area contributed by atoms with E-state index in [0.29, 0.717) is 35.3 Å². The lowest BCUT2D eigenvalue weighted by Crippen LogP contribution is -2.00. The molecule has 4 aromatic carbocycles. The molecular formula is C28H22ClNO2. The van der Waals surface area contributed by atoms with Gasteiger partial charge < -0.3 is 9.47 Å². The number of benzene rings is 4. The molecule has 0 radical (unpaired) electrons. The van der Waals surface area contributed by atoms with E-state index in [2.05, 4.69) is 12.1 Å². The van der Waals surface area contributed by atoms with Gasteiger partial charge in [0, 0.05) is 10.6 Å². The van der Waals surface area contributed by atoms with E-state index in [-0.39, 0.29) is 0 Å². The molecule has 0 saturated heterocycles. The van der Waals surface area contributed by atoms with Crippen LogP contribution in [0.2, 0.25) is 5.02 Å². The number of allylic oxidation sites excluding steroid dienone is 1. The molecule has 32 heavy (non-hydrogen) atoms. The van der Waals surface area contributed by atoms with Crippen molar-refractivity contribution >= 4 is 34.0 Å². The smallest absolute Gasteiger partial charge is 0.161 e. The highest BCUT2D eigenvalue weighted by molar-refractivity contribution is 6.31. The minimum absolute atomic E-state index is 0.343. The Balaban J connectivity index is 1.62. The predicted octanol–water partition coefficient (Wildman–Crippen LogP) is 7.54. The van der Waals surface area contributed by atoms with E-state index in [0.717, 1.165) is 27.5 Å². The fourth-order valence-corrected chi connectivity index (χ4v) is 3.67. The summed E-state index contributed by atoms with van der Waals surface area (Å²) in [5, 5.41) is 12.7. The molecule has 0 fully saturated rings.